The van der Waals surface area contributed by atoms with Crippen LogP contribution in [-0.4, -0.2) is 41.9 Å². The lowest BCUT2D eigenvalue weighted by Gasteiger charge is -2.12. The fourth-order valence-corrected chi connectivity index (χ4v) is 2.53. The van der Waals surface area contributed by atoms with Crippen molar-refractivity contribution >= 4 is 21.7 Å². The van der Waals surface area contributed by atoms with E-state index in [0.717, 1.165) is 10.4 Å². The van der Waals surface area contributed by atoms with Gasteiger partial charge in [-0.3, -0.25) is 9.78 Å². The van der Waals surface area contributed by atoms with Gasteiger partial charge in [0, 0.05) is 19.8 Å². The summed E-state index contributed by atoms with van der Waals surface area (Å²) in [4.78, 5) is 17.4. The van der Waals surface area contributed by atoms with E-state index in [0.29, 0.717) is 5.69 Å². The van der Waals surface area contributed by atoms with E-state index in [1.54, 1.807) is 12.1 Å². The highest BCUT2D eigenvalue weighted by Crippen LogP contribution is 2.20. The Kier molecular flexibility index (Phi) is 3.96. The maximum absolute atomic E-state index is 12.0. The van der Waals surface area contributed by atoms with Gasteiger partial charge in [0.05, 0.1) is 11.0 Å². The number of hydrogen-bond donors (Lipinski definition) is 3. The molecule has 1 heterocycles. The van der Waals surface area contributed by atoms with Crippen LogP contribution in [0.25, 0.3) is 0 Å². The van der Waals surface area contributed by atoms with Gasteiger partial charge in [-0.1, -0.05) is 6.07 Å². The lowest BCUT2D eigenvalue weighted by Crippen LogP contribution is -2.22. The summed E-state index contributed by atoms with van der Waals surface area (Å²) in [6.07, 6.45) is 0. The van der Waals surface area contributed by atoms with E-state index in [9.17, 15) is 18.3 Å². The first-order chi connectivity index (χ1) is 9.79. The van der Waals surface area contributed by atoms with Crippen molar-refractivity contribution in [1.82, 2.24) is 14.3 Å². The third-order valence-electron chi connectivity index (χ3n) is 2.60. The molecule has 0 saturated carbocycles. The third-order valence-corrected chi connectivity index (χ3v) is 4.41. The van der Waals surface area contributed by atoms with Crippen LogP contribution in [0.2, 0.25) is 0 Å². The Hall–Kier alpha value is -2.39. The fraction of sp³-hybridized carbons (Fsp3) is 0.167. The summed E-state index contributed by atoms with van der Waals surface area (Å²) in [5.41, 5.74) is -0.117. The quantitative estimate of drug-likeness (QED) is 0.756. The molecular weight excluding hydrogens is 296 g/mol. The topological polar surface area (TPSA) is 115 Å². The normalized spacial score (nSPS) is 11.6. The smallest absolute Gasteiger partial charge is 0.256 e. The lowest BCUT2D eigenvalue weighted by molar-refractivity contribution is 0.452. The van der Waals surface area contributed by atoms with Gasteiger partial charge in [-0.25, -0.2) is 12.7 Å². The Morgan fingerprint density at radius 1 is 1.29 bits per heavy atom. The Morgan fingerprint density at radius 2 is 2.00 bits per heavy atom. The van der Waals surface area contributed by atoms with Gasteiger partial charge >= 0.3 is 0 Å². The molecule has 112 valence electrons. The van der Waals surface area contributed by atoms with Gasteiger partial charge in [-0.05, 0) is 18.2 Å². The number of H-pyrrole nitrogens is 1. The summed E-state index contributed by atoms with van der Waals surface area (Å²) in [7, 11) is -0.688. The molecule has 0 aliphatic carbocycles. The zero-order valence-corrected chi connectivity index (χ0v) is 12.2. The molecule has 1 aromatic carbocycles. The molecule has 0 radical (unpaired) electrons. The molecule has 0 amide bonds. The van der Waals surface area contributed by atoms with Gasteiger partial charge in [0.1, 0.15) is 0 Å². The number of anilines is 2. The average Bonchev–Trinajstić information content (AvgIpc) is 2.37. The molecule has 0 bridgehead atoms. The highest BCUT2D eigenvalue weighted by Gasteiger charge is 2.17. The van der Waals surface area contributed by atoms with E-state index in [2.05, 4.69) is 15.3 Å². The summed E-state index contributed by atoms with van der Waals surface area (Å²) in [6.45, 7) is 0. The summed E-state index contributed by atoms with van der Waals surface area (Å²) in [5.74, 6) is -0.419. The van der Waals surface area contributed by atoms with Gasteiger partial charge < -0.3 is 10.4 Å². The van der Waals surface area contributed by atoms with Crippen molar-refractivity contribution in [1.29, 1.82) is 0 Å². The van der Waals surface area contributed by atoms with E-state index < -0.39 is 21.5 Å². The molecule has 0 unspecified atom stereocenters. The summed E-state index contributed by atoms with van der Waals surface area (Å²) >= 11 is 0. The molecule has 3 N–H and O–H groups in total. The largest absolute Gasteiger partial charge is 0.493 e. The number of aromatic hydroxyl groups is 1. The predicted octanol–water partition coefficient (Wildman–Crippen LogP) is 0.469. The van der Waals surface area contributed by atoms with Gasteiger partial charge in [0.15, 0.2) is 0 Å². The molecule has 0 aliphatic heterocycles. The monoisotopic (exact) mass is 310 g/mol. The minimum Gasteiger partial charge on any atom is -0.493 e. The van der Waals surface area contributed by atoms with E-state index in [-0.39, 0.29) is 10.8 Å². The van der Waals surface area contributed by atoms with Crippen LogP contribution in [0.4, 0.5) is 11.6 Å². The van der Waals surface area contributed by atoms with Crippen LogP contribution in [0.1, 0.15) is 0 Å². The van der Waals surface area contributed by atoms with Crippen LogP contribution in [0.3, 0.4) is 0 Å². The van der Waals surface area contributed by atoms with Crippen LogP contribution in [0.5, 0.6) is 5.88 Å². The van der Waals surface area contributed by atoms with Crippen molar-refractivity contribution in [3.05, 3.63) is 40.7 Å². The molecule has 1 aromatic heterocycles. The van der Waals surface area contributed by atoms with Crippen molar-refractivity contribution in [3.8, 4) is 5.88 Å². The maximum Gasteiger partial charge on any atom is 0.256 e. The van der Waals surface area contributed by atoms with Crippen molar-refractivity contribution in [2.75, 3.05) is 19.4 Å². The van der Waals surface area contributed by atoms with Gasteiger partial charge in [-0.15, -0.1) is 0 Å². The molecule has 21 heavy (non-hydrogen) atoms. The van der Waals surface area contributed by atoms with Crippen molar-refractivity contribution < 1.29 is 13.5 Å². The number of nitrogens with one attached hydrogen (secondary N) is 2. The zero-order valence-electron chi connectivity index (χ0n) is 11.4. The highest BCUT2D eigenvalue weighted by atomic mass is 32.2. The first-order valence-electron chi connectivity index (χ1n) is 5.89. The Bertz CT molecular complexity index is 814. The molecule has 0 saturated heterocycles. The second kappa shape index (κ2) is 5.54. The molecule has 0 aliphatic rings. The van der Waals surface area contributed by atoms with Gasteiger partial charge in [0.2, 0.25) is 21.9 Å². The van der Waals surface area contributed by atoms with Crippen molar-refractivity contribution in [2.24, 2.45) is 0 Å². The standard InChI is InChI=1S/C12H14N4O4S/c1-16(2)21(19,20)9-5-3-4-8(6-9)13-12-14-10(17)7-11(18)15-12/h3-7H,1-2H3,(H3,13,14,15,17,18). The predicted molar refractivity (Wildman–Crippen MR) is 77.1 cm³/mol. The number of aromatic nitrogens is 2. The highest BCUT2D eigenvalue weighted by molar-refractivity contribution is 7.89. The number of sulfonamides is 1. The van der Waals surface area contributed by atoms with Crippen LogP contribution in [0, 0.1) is 0 Å². The number of rotatable bonds is 4. The van der Waals surface area contributed by atoms with E-state index >= 15 is 0 Å². The molecule has 0 fully saturated rings. The number of aromatic amines is 1. The second-order valence-electron chi connectivity index (χ2n) is 4.39. The lowest BCUT2D eigenvalue weighted by atomic mass is 10.3. The molecule has 8 nitrogen and oxygen atoms in total. The average molecular weight is 310 g/mol. The SMILES string of the molecule is CN(C)S(=O)(=O)c1cccc(Nc2nc(O)cc(=O)[nH]2)c1. The van der Waals surface area contributed by atoms with Crippen molar-refractivity contribution in [2.45, 2.75) is 4.90 Å². The number of nitrogens with zero attached hydrogens (tertiary/aromatic N) is 2. The number of hydrogen-bond acceptors (Lipinski definition) is 6. The zero-order chi connectivity index (χ0) is 15.6. The molecule has 9 heteroatoms. The second-order valence-corrected chi connectivity index (χ2v) is 6.54. The minimum atomic E-state index is -3.56. The first-order valence-corrected chi connectivity index (χ1v) is 7.33. The molecule has 2 aromatic rings. The van der Waals surface area contributed by atoms with Crippen molar-refractivity contribution in [3.63, 3.8) is 0 Å². The summed E-state index contributed by atoms with van der Waals surface area (Å²) in [5, 5.41) is 12.0. The van der Waals surface area contributed by atoms with Crippen LogP contribution in [-0.2, 0) is 10.0 Å². The van der Waals surface area contributed by atoms with E-state index in [1.807, 2.05) is 0 Å². The van der Waals surface area contributed by atoms with Gasteiger partial charge in [-0.2, -0.15) is 4.98 Å². The van der Waals surface area contributed by atoms with E-state index in [4.69, 9.17) is 0 Å². The molecule has 2 rings (SSSR count). The van der Waals surface area contributed by atoms with Crippen LogP contribution in [0.15, 0.2) is 40.0 Å². The minimum absolute atomic E-state index is 0.0133. The summed E-state index contributed by atoms with van der Waals surface area (Å²) in [6, 6.07) is 6.95. The van der Waals surface area contributed by atoms with Gasteiger partial charge in [0.25, 0.3) is 5.56 Å². The Labute approximate surface area is 121 Å². The van der Waals surface area contributed by atoms with Crippen LogP contribution < -0.4 is 10.9 Å². The number of benzene rings is 1. The van der Waals surface area contributed by atoms with E-state index in [1.165, 1.54) is 26.2 Å². The summed E-state index contributed by atoms with van der Waals surface area (Å²) < 4.78 is 25.2. The van der Waals surface area contributed by atoms with Crippen LogP contribution >= 0.6 is 0 Å². The maximum atomic E-state index is 12.0. The molecule has 0 spiro atoms. The fourth-order valence-electron chi connectivity index (χ4n) is 1.59. The third kappa shape index (κ3) is 3.38. The first kappa shape index (κ1) is 15.0. The molecule has 0 atom stereocenters. The Morgan fingerprint density at radius 3 is 2.62 bits per heavy atom. The molecular formula is C12H14N4O4S. The Balaban J connectivity index is 2.36.